The number of hydrogen-bond donors (Lipinski definition) is 1. The Morgan fingerprint density at radius 2 is 2.10 bits per heavy atom. The number of oxazole rings is 1. The molecule has 1 aliphatic rings. The fourth-order valence-corrected chi connectivity index (χ4v) is 2.37. The number of piperidine rings is 1. The van der Waals surface area contributed by atoms with E-state index >= 15 is 0 Å². The lowest BCUT2D eigenvalue weighted by Gasteiger charge is -2.32. The first-order valence-electron chi connectivity index (χ1n) is 6.92. The van der Waals surface area contributed by atoms with Crippen LogP contribution in [0.3, 0.4) is 0 Å². The third kappa shape index (κ3) is 4.79. The normalized spacial score (nSPS) is 18.6. The summed E-state index contributed by atoms with van der Waals surface area (Å²) in [6.45, 7) is 2.67. The number of nitrogens with zero attached hydrogens (tertiary/aromatic N) is 2. The van der Waals surface area contributed by atoms with E-state index in [0.29, 0.717) is 25.5 Å². The first-order chi connectivity index (χ1) is 9.46. The monoisotopic (exact) mass is 291 g/mol. The van der Waals surface area contributed by atoms with Crippen molar-refractivity contribution in [2.45, 2.75) is 44.9 Å². The zero-order chi connectivity index (χ0) is 14.6. The van der Waals surface area contributed by atoms with Gasteiger partial charge in [-0.2, -0.15) is 13.2 Å². The van der Waals surface area contributed by atoms with Crippen molar-refractivity contribution >= 4 is 0 Å². The summed E-state index contributed by atoms with van der Waals surface area (Å²) in [6.07, 6.45) is -0.143. The van der Waals surface area contributed by atoms with Crippen molar-refractivity contribution in [2.24, 2.45) is 0 Å². The Balaban J connectivity index is 1.69. The molecule has 0 bridgehead atoms. The highest BCUT2D eigenvalue weighted by Crippen LogP contribution is 2.19. The molecule has 1 aromatic rings. The number of aryl methyl sites for hydroxylation is 1. The molecule has 7 heteroatoms. The second-order valence-corrected chi connectivity index (χ2v) is 5.12. The zero-order valence-electron chi connectivity index (χ0n) is 11.5. The van der Waals surface area contributed by atoms with Gasteiger partial charge in [-0.25, -0.2) is 4.98 Å². The van der Waals surface area contributed by atoms with Crippen LogP contribution in [0.5, 0.6) is 0 Å². The number of likely N-dealkylation sites (tertiary alicyclic amines) is 1. The van der Waals surface area contributed by atoms with Crippen LogP contribution in [0.1, 0.15) is 31.4 Å². The van der Waals surface area contributed by atoms with E-state index in [-0.39, 0.29) is 6.04 Å². The van der Waals surface area contributed by atoms with E-state index in [0.717, 1.165) is 25.0 Å². The maximum Gasteiger partial charge on any atom is 0.401 e. The third-order valence-electron chi connectivity index (χ3n) is 3.48. The fraction of sp³-hybridized carbons (Fsp3) is 0.769. The average Bonchev–Trinajstić information content (AvgIpc) is 2.84. The van der Waals surface area contributed by atoms with Crippen molar-refractivity contribution in [1.29, 1.82) is 0 Å². The van der Waals surface area contributed by atoms with Gasteiger partial charge in [0.25, 0.3) is 0 Å². The summed E-state index contributed by atoms with van der Waals surface area (Å²) >= 11 is 0. The molecule has 1 N–H and O–H groups in total. The summed E-state index contributed by atoms with van der Waals surface area (Å²) in [7, 11) is 0. The molecule has 0 unspecified atom stereocenters. The minimum absolute atomic E-state index is 0.233. The van der Waals surface area contributed by atoms with Gasteiger partial charge in [0, 0.05) is 12.5 Å². The Labute approximate surface area is 116 Å². The number of alkyl halides is 3. The summed E-state index contributed by atoms with van der Waals surface area (Å²) in [5.41, 5.74) is 0. The molecule has 4 nitrogen and oxygen atoms in total. The molecule has 1 fully saturated rings. The van der Waals surface area contributed by atoms with E-state index < -0.39 is 12.7 Å². The number of rotatable bonds is 5. The van der Waals surface area contributed by atoms with Gasteiger partial charge in [0.15, 0.2) is 0 Å². The van der Waals surface area contributed by atoms with Gasteiger partial charge >= 0.3 is 6.18 Å². The zero-order valence-corrected chi connectivity index (χ0v) is 11.5. The van der Waals surface area contributed by atoms with Crippen LogP contribution in [0.15, 0.2) is 10.6 Å². The summed E-state index contributed by atoms with van der Waals surface area (Å²) in [6, 6.07) is 0.233. The summed E-state index contributed by atoms with van der Waals surface area (Å²) in [5, 5.41) is 3.29. The molecule has 20 heavy (non-hydrogen) atoms. The molecule has 2 heterocycles. The number of hydrogen-bond acceptors (Lipinski definition) is 4. The van der Waals surface area contributed by atoms with Crippen molar-refractivity contribution in [3.8, 4) is 0 Å². The largest absolute Gasteiger partial charge is 0.444 e. The third-order valence-corrected chi connectivity index (χ3v) is 3.48. The molecule has 2 rings (SSSR count). The summed E-state index contributed by atoms with van der Waals surface area (Å²) in [4.78, 5) is 5.60. The lowest BCUT2D eigenvalue weighted by atomic mass is 10.1. The van der Waals surface area contributed by atoms with Gasteiger partial charge in [0.2, 0.25) is 5.89 Å². The van der Waals surface area contributed by atoms with E-state index in [2.05, 4.69) is 10.3 Å². The summed E-state index contributed by atoms with van der Waals surface area (Å²) in [5.74, 6) is 1.49. The number of halogens is 3. The smallest absolute Gasteiger partial charge is 0.401 e. The lowest BCUT2D eigenvalue weighted by Crippen LogP contribution is -2.45. The van der Waals surface area contributed by atoms with E-state index in [1.807, 2.05) is 6.92 Å². The molecular weight excluding hydrogens is 271 g/mol. The van der Waals surface area contributed by atoms with Gasteiger partial charge in [-0.15, -0.1) is 0 Å². The molecule has 1 aliphatic heterocycles. The van der Waals surface area contributed by atoms with Crippen LogP contribution < -0.4 is 5.32 Å². The molecule has 1 aromatic heterocycles. The van der Waals surface area contributed by atoms with Gasteiger partial charge < -0.3 is 9.73 Å². The molecule has 114 valence electrons. The molecule has 1 saturated heterocycles. The fourth-order valence-electron chi connectivity index (χ4n) is 2.37. The Morgan fingerprint density at radius 3 is 2.65 bits per heavy atom. The molecule has 0 radical (unpaired) electrons. The minimum Gasteiger partial charge on any atom is -0.444 e. The van der Waals surface area contributed by atoms with Gasteiger partial charge in [0.05, 0.1) is 19.3 Å². The van der Waals surface area contributed by atoms with Crippen molar-refractivity contribution in [3.05, 3.63) is 17.8 Å². The van der Waals surface area contributed by atoms with Crippen LogP contribution >= 0.6 is 0 Å². The summed E-state index contributed by atoms with van der Waals surface area (Å²) < 4.78 is 42.3. The van der Waals surface area contributed by atoms with Gasteiger partial charge in [-0.3, -0.25) is 4.90 Å². The van der Waals surface area contributed by atoms with Gasteiger partial charge in [-0.05, 0) is 25.9 Å². The molecule has 0 aliphatic carbocycles. The SMILES string of the molecule is CCc1cnc(CNC2CCN(CC(F)(F)F)CC2)o1. The highest BCUT2D eigenvalue weighted by Gasteiger charge is 2.32. The minimum atomic E-state index is -4.10. The maximum atomic E-state index is 12.3. The Kier molecular flexibility index (Phi) is 5.04. The van der Waals surface area contributed by atoms with Crippen molar-refractivity contribution < 1.29 is 17.6 Å². The Bertz CT molecular complexity index is 411. The van der Waals surface area contributed by atoms with Gasteiger partial charge in [0.1, 0.15) is 5.76 Å². The Hall–Kier alpha value is -1.08. The van der Waals surface area contributed by atoms with Crippen LogP contribution in [-0.4, -0.2) is 41.7 Å². The quantitative estimate of drug-likeness (QED) is 0.904. The van der Waals surface area contributed by atoms with E-state index in [1.165, 1.54) is 4.90 Å². The topological polar surface area (TPSA) is 41.3 Å². The van der Waals surface area contributed by atoms with Crippen LogP contribution in [0, 0.1) is 0 Å². The van der Waals surface area contributed by atoms with Crippen molar-refractivity contribution in [3.63, 3.8) is 0 Å². The standard InChI is InChI=1S/C13H20F3N3O/c1-2-11-7-18-12(20-11)8-17-10-3-5-19(6-4-10)9-13(14,15)16/h7,10,17H,2-6,8-9H2,1H3. The highest BCUT2D eigenvalue weighted by atomic mass is 19.4. The van der Waals surface area contributed by atoms with Gasteiger partial charge in [-0.1, -0.05) is 6.92 Å². The first-order valence-corrected chi connectivity index (χ1v) is 6.92. The number of nitrogens with one attached hydrogen (secondary N) is 1. The molecular formula is C13H20F3N3O. The predicted octanol–water partition coefficient (Wildman–Crippen LogP) is 2.35. The van der Waals surface area contributed by atoms with Crippen LogP contribution in [0.2, 0.25) is 0 Å². The number of aromatic nitrogens is 1. The van der Waals surface area contributed by atoms with Crippen LogP contribution in [-0.2, 0) is 13.0 Å². The second kappa shape index (κ2) is 6.58. The lowest BCUT2D eigenvalue weighted by molar-refractivity contribution is -0.148. The highest BCUT2D eigenvalue weighted by molar-refractivity contribution is 4.93. The van der Waals surface area contributed by atoms with Crippen LogP contribution in [0.25, 0.3) is 0 Å². The molecule has 0 aromatic carbocycles. The predicted molar refractivity (Wildman–Crippen MR) is 68.2 cm³/mol. The molecule has 0 spiro atoms. The van der Waals surface area contributed by atoms with E-state index in [9.17, 15) is 13.2 Å². The van der Waals surface area contributed by atoms with Crippen molar-refractivity contribution in [1.82, 2.24) is 15.2 Å². The second-order valence-electron chi connectivity index (χ2n) is 5.12. The molecule has 0 amide bonds. The first kappa shape index (κ1) is 15.3. The van der Waals surface area contributed by atoms with Crippen LogP contribution in [0.4, 0.5) is 13.2 Å². The van der Waals surface area contributed by atoms with Crippen molar-refractivity contribution in [2.75, 3.05) is 19.6 Å². The maximum absolute atomic E-state index is 12.3. The Morgan fingerprint density at radius 1 is 1.40 bits per heavy atom. The average molecular weight is 291 g/mol. The molecule has 0 atom stereocenters. The van der Waals surface area contributed by atoms with E-state index in [4.69, 9.17) is 4.42 Å². The van der Waals surface area contributed by atoms with E-state index in [1.54, 1.807) is 6.20 Å². The molecule has 0 saturated carbocycles.